The summed E-state index contributed by atoms with van der Waals surface area (Å²) in [6, 6.07) is 10.8. The lowest BCUT2D eigenvalue weighted by Crippen LogP contribution is -2.22. The summed E-state index contributed by atoms with van der Waals surface area (Å²) in [4.78, 5) is 8.01. The fourth-order valence-corrected chi connectivity index (χ4v) is 3.00. The van der Waals surface area contributed by atoms with Crippen LogP contribution in [-0.4, -0.2) is 9.97 Å². The van der Waals surface area contributed by atoms with Crippen molar-refractivity contribution in [2.24, 2.45) is 0 Å². The number of hydrogen-bond donors (Lipinski definition) is 2. The van der Waals surface area contributed by atoms with Crippen molar-refractivity contribution in [3.05, 3.63) is 52.5 Å². The molecule has 98 valence electrons. The van der Waals surface area contributed by atoms with Gasteiger partial charge in [0.2, 0.25) is 0 Å². The maximum atomic E-state index is 4.63. The summed E-state index contributed by atoms with van der Waals surface area (Å²) in [5.41, 5.74) is 3.44. The van der Waals surface area contributed by atoms with E-state index in [1.807, 2.05) is 18.2 Å². The van der Waals surface area contributed by atoms with Crippen molar-refractivity contribution in [2.45, 2.75) is 25.9 Å². The van der Waals surface area contributed by atoms with Gasteiger partial charge in [-0.05, 0) is 48.4 Å². The van der Waals surface area contributed by atoms with Gasteiger partial charge in [0.1, 0.15) is 5.82 Å². The first-order valence-corrected chi connectivity index (χ1v) is 7.41. The molecule has 3 nitrogen and oxygen atoms in total. The fraction of sp³-hybridized carbons (Fsp3) is 0.267. The molecule has 0 bridgehead atoms. The minimum absolute atomic E-state index is 0.197. The predicted molar refractivity (Wildman–Crippen MR) is 80.4 cm³/mol. The van der Waals surface area contributed by atoms with Crippen molar-refractivity contribution in [3.8, 4) is 0 Å². The van der Waals surface area contributed by atoms with Crippen LogP contribution in [0.4, 0.5) is 0 Å². The van der Waals surface area contributed by atoms with Gasteiger partial charge < -0.3 is 10.3 Å². The highest BCUT2D eigenvalue weighted by molar-refractivity contribution is 7.07. The number of nitrogens with zero attached hydrogens (tertiary/aromatic N) is 1. The van der Waals surface area contributed by atoms with Crippen LogP contribution in [-0.2, 0) is 0 Å². The lowest BCUT2D eigenvalue weighted by molar-refractivity contribution is 0.481. The van der Waals surface area contributed by atoms with E-state index in [1.54, 1.807) is 11.3 Å². The van der Waals surface area contributed by atoms with Crippen molar-refractivity contribution >= 4 is 22.4 Å². The monoisotopic (exact) mass is 271 g/mol. The number of thiophene rings is 1. The molecule has 0 radical (unpaired) electrons. The van der Waals surface area contributed by atoms with Crippen LogP contribution in [0.2, 0.25) is 0 Å². The van der Waals surface area contributed by atoms with Crippen LogP contribution in [0.1, 0.15) is 37.3 Å². The first-order chi connectivity index (χ1) is 9.24. The zero-order chi connectivity index (χ0) is 13.2. The smallest absolute Gasteiger partial charge is 0.124 e. The van der Waals surface area contributed by atoms with Gasteiger partial charge >= 0.3 is 0 Å². The minimum Gasteiger partial charge on any atom is -0.341 e. The molecular weight excluding hydrogens is 254 g/mol. The summed E-state index contributed by atoms with van der Waals surface area (Å²) in [6.07, 6.45) is 0. The number of benzene rings is 1. The molecule has 0 aliphatic heterocycles. The highest BCUT2D eigenvalue weighted by Gasteiger charge is 2.14. The van der Waals surface area contributed by atoms with Gasteiger partial charge in [-0.1, -0.05) is 12.1 Å². The third kappa shape index (κ3) is 2.55. The molecule has 3 aromatic rings. The molecule has 0 saturated heterocycles. The Hall–Kier alpha value is -1.65. The largest absolute Gasteiger partial charge is 0.341 e. The molecule has 2 unspecified atom stereocenters. The van der Waals surface area contributed by atoms with Gasteiger partial charge in [-0.15, -0.1) is 0 Å². The Labute approximate surface area is 116 Å². The normalized spacial score (nSPS) is 14.6. The number of para-hydroxylation sites is 2. The number of H-pyrrole nitrogens is 1. The van der Waals surface area contributed by atoms with E-state index >= 15 is 0 Å². The van der Waals surface area contributed by atoms with Gasteiger partial charge in [0.25, 0.3) is 0 Å². The van der Waals surface area contributed by atoms with Crippen LogP contribution < -0.4 is 5.32 Å². The first-order valence-electron chi connectivity index (χ1n) is 6.47. The van der Waals surface area contributed by atoms with E-state index in [-0.39, 0.29) is 6.04 Å². The molecular formula is C15H17N3S. The number of rotatable bonds is 4. The first kappa shape index (κ1) is 12.4. The van der Waals surface area contributed by atoms with E-state index in [9.17, 15) is 0 Å². The highest BCUT2D eigenvalue weighted by atomic mass is 32.1. The quantitative estimate of drug-likeness (QED) is 0.752. The van der Waals surface area contributed by atoms with Gasteiger partial charge in [-0.2, -0.15) is 11.3 Å². The average Bonchev–Trinajstić information content (AvgIpc) is 3.07. The Bertz CT molecular complexity index is 624. The van der Waals surface area contributed by atoms with Crippen molar-refractivity contribution in [1.82, 2.24) is 15.3 Å². The second-order valence-corrected chi connectivity index (χ2v) is 5.59. The standard InChI is InChI=1S/C15H17N3S/c1-10(12-7-8-19-9-12)16-11(2)15-17-13-5-3-4-6-14(13)18-15/h3-11,16H,1-2H3,(H,17,18). The molecule has 0 saturated carbocycles. The lowest BCUT2D eigenvalue weighted by atomic mass is 10.1. The molecule has 1 aromatic carbocycles. The molecule has 0 amide bonds. The van der Waals surface area contributed by atoms with Gasteiger partial charge in [-0.25, -0.2) is 4.98 Å². The number of fused-ring (bicyclic) bond motifs is 1. The van der Waals surface area contributed by atoms with Crippen molar-refractivity contribution < 1.29 is 0 Å². The Kier molecular flexibility index (Phi) is 3.36. The Balaban J connectivity index is 1.78. The molecule has 2 heterocycles. The zero-order valence-corrected chi connectivity index (χ0v) is 11.9. The average molecular weight is 271 g/mol. The molecule has 0 spiro atoms. The molecule has 2 atom stereocenters. The van der Waals surface area contributed by atoms with Crippen molar-refractivity contribution in [1.29, 1.82) is 0 Å². The van der Waals surface area contributed by atoms with Crippen molar-refractivity contribution in [2.75, 3.05) is 0 Å². The highest BCUT2D eigenvalue weighted by Crippen LogP contribution is 2.21. The van der Waals surface area contributed by atoms with E-state index in [1.165, 1.54) is 5.56 Å². The molecule has 19 heavy (non-hydrogen) atoms. The van der Waals surface area contributed by atoms with Crippen LogP contribution in [0, 0.1) is 0 Å². The lowest BCUT2D eigenvalue weighted by Gasteiger charge is -2.17. The summed E-state index contributed by atoms with van der Waals surface area (Å²) in [7, 11) is 0. The summed E-state index contributed by atoms with van der Waals surface area (Å²) in [5, 5.41) is 7.87. The molecule has 0 aliphatic carbocycles. The predicted octanol–water partition coefficient (Wildman–Crippen LogP) is 4.04. The Morgan fingerprint density at radius 3 is 2.74 bits per heavy atom. The van der Waals surface area contributed by atoms with E-state index in [0.29, 0.717) is 6.04 Å². The minimum atomic E-state index is 0.197. The molecule has 4 heteroatoms. The van der Waals surface area contributed by atoms with Gasteiger partial charge in [-0.3, -0.25) is 0 Å². The number of imidazole rings is 1. The SMILES string of the molecule is CC(NC(C)c1nc2ccccc2[nH]1)c1ccsc1. The fourth-order valence-electron chi connectivity index (χ4n) is 2.25. The van der Waals surface area contributed by atoms with Crippen LogP contribution in [0.3, 0.4) is 0 Å². The number of hydrogen-bond acceptors (Lipinski definition) is 3. The van der Waals surface area contributed by atoms with Gasteiger partial charge in [0.15, 0.2) is 0 Å². The zero-order valence-electron chi connectivity index (χ0n) is 11.1. The Morgan fingerprint density at radius 2 is 2.00 bits per heavy atom. The number of nitrogens with one attached hydrogen (secondary N) is 2. The molecule has 0 fully saturated rings. The summed E-state index contributed by atoms with van der Waals surface area (Å²) < 4.78 is 0. The van der Waals surface area contributed by atoms with Crippen LogP contribution >= 0.6 is 11.3 Å². The second kappa shape index (κ2) is 5.15. The molecule has 3 rings (SSSR count). The third-order valence-corrected chi connectivity index (χ3v) is 4.06. The number of aromatic nitrogens is 2. The topological polar surface area (TPSA) is 40.7 Å². The molecule has 0 aliphatic rings. The van der Waals surface area contributed by atoms with Crippen LogP contribution in [0.15, 0.2) is 41.1 Å². The summed E-state index contributed by atoms with van der Waals surface area (Å²) in [5.74, 6) is 0.989. The van der Waals surface area contributed by atoms with E-state index in [4.69, 9.17) is 0 Å². The van der Waals surface area contributed by atoms with Crippen LogP contribution in [0.5, 0.6) is 0 Å². The third-order valence-electron chi connectivity index (χ3n) is 3.36. The number of aromatic amines is 1. The summed E-state index contributed by atoms with van der Waals surface area (Å²) in [6.45, 7) is 4.32. The van der Waals surface area contributed by atoms with Crippen molar-refractivity contribution in [3.63, 3.8) is 0 Å². The van der Waals surface area contributed by atoms with Crippen LogP contribution in [0.25, 0.3) is 11.0 Å². The van der Waals surface area contributed by atoms with Gasteiger partial charge in [0, 0.05) is 6.04 Å². The van der Waals surface area contributed by atoms with E-state index in [0.717, 1.165) is 16.9 Å². The Morgan fingerprint density at radius 1 is 1.16 bits per heavy atom. The van der Waals surface area contributed by atoms with E-state index < -0.39 is 0 Å². The molecule has 2 aromatic heterocycles. The summed E-state index contributed by atoms with van der Waals surface area (Å²) >= 11 is 1.73. The maximum Gasteiger partial charge on any atom is 0.124 e. The van der Waals surface area contributed by atoms with Gasteiger partial charge in [0.05, 0.1) is 17.1 Å². The maximum absolute atomic E-state index is 4.63. The van der Waals surface area contributed by atoms with E-state index in [2.05, 4.69) is 52.0 Å². The second-order valence-electron chi connectivity index (χ2n) is 4.81. The molecule has 2 N–H and O–H groups in total.